The molecular weight excluding hydrogens is 496 g/mol. The number of guanidine groups is 1. The molecule has 0 spiro atoms. The topological polar surface area (TPSA) is 31.3 Å². The van der Waals surface area contributed by atoms with Crippen molar-refractivity contribution < 1.29 is 22.3 Å². The third kappa shape index (κ3) is 4.77. The summed E-state index contributed by atoms with van der Waals surface area (Å²) in [6.45, 7) is 6.24. The predicted molar refractivity (Wildman–Crippen MR) is 142 cm³/mol. The number of halogens is 4. The van der Waals surface area contributed by atoms with Crippen LogP contribution in [0.3, 0.4) is 0 Å². The molecule has 0 amide bonds. The summed E-state index contributed by atoms with van der Waals surface area (Å²) in [5.41, 5.74) is 2.35. The van der Waals surface area contributed by atoms with Crippen molar-refractivity contribution in [2.45, 2.75) is 32.5 Å². The van der Waals surface area contributed by atoms with Crippen LogP contribution in [-0.4, -0.2) is 44.1 Å². The minimum absolute atomic E-state index is 0.255. The minimum atomic E-state index is -4.48. The molecule has 1 fully saturated rings. The van der Waals surface area contributed by atoms with Crippen molar-refractivity contribution >= 4 is 23.0 Å². The molecule has 200 valence electrons. The Hall–Kier alpha value is -3.75. The van der Waals surface area contributed by atoms with E-state index in [9.17, 15) is 17.6 Å². The lowest BCUT2D eigenvalue weighted by molar-refractivity contribution is -0.137. The smallest absolute Gasteiger partial charge is 0.416 e. The van der Waals surface area contributed by atoms with Gasteiger partial charge in [-0.05, 0) is 49.2 Å². The van der Waals surface area contributed by atoms with E-state index in [1.54, 1.807) is 20.1 Å². The van der Waals surface area contributed by atoms with Gasteiger partial charge in [0.15, 0.2) is 0 Å². The molecule has 0 saturated carbocycles. The molecule has 3 aromatic carbocycles. The quantitative estimate of drug-likeness (QED) is 0.345. The Labute approximate surface area is 219 Å². The molecule has 5 nitrogen and oxygen atoms in total. The number of piperazine rings is 1. The number of para-hydroxylation sites is 1. The van der Waals surface area contributed by atoms with Gasteiger partial charge in [0.25, 0.3) is 0 Å². The van der Waals surface area contributed by atoms with Crippen molar-refractivity contribution in [2.75, 3.05) is 43.1 Å². The maximum absolute atomic E-state index is 15.0. The molecule has 0 aliphatic carbocycles. The maximum Gasteiger partial charge on any atom is 0.416 e. The number of fused-ring (bicyclic) bond motifs is 1. The second kappa shape index (κ2) is 10.2. The zero-order valence-corrected chi connectivity index (χ0v) is 21.6. The average molecular weight is 527 g/mol. The fourth-order valence-corrected chi connectivity index (χ4v) is 5.27. The van der Waals surface area contributed by atoms with E-state index in [2.05, 4.69) is 9.80 Å². The van der Waals surface area contributed by atoms with Crippen LogP contribution in [0, 0.1) is 12.7 Å². The zero-order chi connectivity index (χ0) is 27.0. The van der Waals surface area contributed by atoms with Crippen LogP contribution < -0.4 is 14.5 Å². The van der Waals surface area contributed by atoms with Gasteiger partial charge >= 0.3 is 6.18 Å². The molecule has 1 atom stereocenters. The number of methoxy groups -OCH3 is 1. The molecular formula is C29H30F4N4O. The lowest BCUT2D eigenvalue weighted by Gasteiger charge is -2.45. The van der Waals surface area contributed by atoms with Crippen molar-refractivity contribution in [2.24, 2.45) is 4.99 Å². The summed E-state index contributed by atoms with van der Waals surface area (Å²) in [4.78, 5) is 10.9. The van der Waals surface area contributed by atoms with Crippen molar-refractivity contribution in [3.8, 4) is 5.75 Å². The van der Waals surface area contributed by atoms with Gasteiger partial charge in [0.1, 0.15) is 17.3 Å². The number of anilines is 2. The van der Waals surface area contributed by atoms with Gasteiger partial charge < -0.3 is 19.4 Å². The number of hydrogen-bond acceptors (Lipinski definition) is 5. The summed E-state index contributed by atoms with van der Waals surface area (Å²) in [6, 6.07) is 16.0. The van der Waals surface area contributed by atoms with Crippen LogP contribution >= 0.6 is 0 Å². The summed E-state index contributed by atoms with van der Waals surface area (Å²) in [5, 5.41) is 0. The van der Waals surface area contributed by atoms with Gasteiger partial charge in [-0.2, -0.15) is 13.2 Å². The summed E-state index contributed by atoms with van der Waals surface area (Å²) < 4.78 is 61.5. The van der Waals surface area contributed by atoms with Gasteiger partial charge in [0.05, 0.1) is 18.7 Å². The fraction of sp³-hybridized carbons (Fsp3) is 0.345. The first-order valence-corrected chi connectivity index (χ1v) is 12.7. The Morgan fingerprint density at radius 1 is 0.947 bits per heavy atom. The second-order valence-electron chi connectivity index (χ2n) is 9.56. The van der Waals surface area contributed by atoms with Gasteiger partial charge in [-0.25, -0.2) is 9.38 Å². The van der Waals surface area contributed by atoms with E-state index in [1.807, 2.05) is 42.2 Å². The predicted octanol–water partition coefficient (Wildman–Crippen LogP) is 6.94. The number of aliphatic imine (C=N–C) groups is 1. The minimum Gasteiger partial charge on any atom is -0.497 e. The number of nitrogens with zero attached hydrogens (tertiary/aromatic N) is 4. The Bertz CT molecular complexity index is 1350. The van der Waals surface area contributed by atoms with Crippen molar-refractivity contribution in [1.82, 2.24) is 4.90 Å². The molecule has 0 N–H and O–H groups in total. The van der Waals surface area contributed by atoms with Crippen molar-refractivity contribution in [3.05, 3.63) is 83.2 Å². The highest BCUT2D eigenvalue weighted by atomic mass is 19.4. The number of ether oxygens (including phenoxy) is 1. The van der Waals surface area contributed by atoms with Crippen LogP contribution in [0.2, 0.25) is 0 Å². The first-order chi connectivity index (χ1) is 18.2. The van der Waals surface area contributed by atoms with Crippen molar-refractivity contribution in [3.63, 3.8) is 0 Å². The SMILES string of the molecule is CC[C@@H]1c2cccc(F)c2N=C(N2CCN(c3cccc(OC)c3)CC2)N1c1cc(C(F)(F)F)ccc1C. The van der Waals surface area contributed by atoms with Gasteiger partial charge in [-0.3, -0.25) is 0 Å². The summed E-state index contributed by atoms with van der Waals surface area (Å²) >= 11 is 0. The molecule has 9 heteroatoms. The maximum atomic E-state index is 15.0. The van der Waals surface area contributed by atoms with Gasteiger partial charge in [-0.1, -0.05) is 31.2 Å². The first kappa shape index (κ1) is 25.9. The standard InChI is InChI=1S/C29H30F4N4O/c1-4-25-23-9-6-10-24(30)27(23)34-28(37(25)26-17-20(29(31,32)33)12-11-19(26)2)36-15-13-35(14-16-36)21-7-5-8-22(18-21)38-3/h5-12,17-18,25H,4,13-16H2,1-3H3/t25-/m1/s1. The van der Waals surface area contributed by atoms with Crippen LogP contribution in [-0.2, 0) is 6.18 Å². The number of alkyl halides is 3. The molecule has 2 aliphatic heterocycles. The summed E-state index contributed by atoms with van der Waals surface area (Å²) in [7, 11) is 1.63. The van der Waals surface area contributed by atoms with E-state index in [0.717, 1.165) is 17.5 Å². The van der Waals surface area contributed by atoms with E-state index in [1.165, 1.54) is 18.2 Å². The fourth-order valence-electron chi connectivity index (χ4n) is 5.27. The largest absolute Gasteiger partial charge is 0.497 e. The second-order valence-corrected chi connectivity index (χ2v) is 9.56. The number of benzene rings is 3. The first-order valence-electron chi connectivity index (χ1n) is 12.7. The van der Waals surface area contributed by atoms with Gasteiger partial charge in [0.2, 0.25) is 5.96 Å². The highest BCUT2D eigenvalue weighted by Gasteiger charge is 2.38. The molecule has 0 radical (unpaired) electrons. The molecule has 38 heavy (non-hydrogen) atoms. The lowest BCUT2D eigenvalue weighted by Crippen LogP contribution is -2.55. The third-order valence-electron chi connectivity index (χ3n) is 7.28. The van der Waals surface area contributed by atoms with Crippen molar-refractivity contribution in [1.29, 1.82) is 0 Å². The molecule has 0 aromatic heterocycles. The van der Waals surface area contributed by atoms with E-state index in [0.29, 0.717) is 55.4 Å². The Kier molecular flexibility index (Phi) is 6.94. The van der Waals surface area contributed by atoms with Crippen LogP contribution in [0.25, 0.3) is 0 Å². The zero-order valence-electron chi connectivity index (χ0n) is 21.6. The summed E-state index contributed by atoms with van der Waals surface area (Å²) in [6.07, 6.45) is -3.92. The van der Waals surface area contributed by atoms with Crippen LogP contribution in [0.1, 0.15) is 36.1 Å². The van der Waals surface area contributed by atoms with Crippen LogP contribution in [0.4, 0.5) is 34.6 Å². The highest BCUT2D eigenvalue weighted by molar-refractivity contribution is 6.01. The molecule has 1 saturated heterocycles. The molecule has 0 bridgehead atoms. The van der Waals surface area contributed by atoms with Crippen LogP contribution in [0.15, 0.2) is 65.7 Å². The van der Waals surface area contributed by atoms with E-state index < -0.39 is 17.6 Å². The molecule has 2 aliphatic rings. The average Bonchev–Trinajstić information content (AvgIpc) is 2.92. The molecule has 3 aromatic rings. The highest BCUT2D eigenvalue weighted by Crippen LogP contribution is 2.44. The number of hydrogen-bond donors (Lipinski definition) is 0. The Morgan fingerprint density at radius 3 is 2.34 bits per heavy atom. The van der Waals surface area contributed by atoms with E-state index in [-0.39, 0.29) is 11.7 Å². The Morgan fingerprint density at radius 2 is 1.66 bits per heavy atom. The molecule has 5 rings (SSSR count). The third-order valence-corrected chi connectivity index (χ3v) is 7.28. The molecule has 0 unspecified atom stereocenters. The summed E-state index contributed by atoms with van der Waals surface area (Å²) in [5.74, 6) is 0.807. The Balaban J connectivity index is 1.55. The van der Waals surface area contributed by atoms with Gasteiger partial charge in [-0.15, -0.1) is 0 Å². The van der Waals surface area contributed by atoms with E-state index >= 15 is 0 Å². The van der Waals surface area contributed by atoms with Crippen LogP contribution in [0.5, 0.6) is 5.75 Å². The number of rotatable bonds is 4. The lowest BCUT2D eigenvalue weighted by atomic mass is 9.96. The van der Waals surface area contributed by atoms with E-state index in [4.69, 9.17) is 9.73 Å². The monoisotopic (exact) mass is 526 g/mol. The van der Waals surface area contributed by atoms with Gasteiger partial charge in [0, 0.05) is 49.2 Å². The number of aryl methyl sites for hydroxylation is 1. The normalized spacial score (nSPS) is 17.8. The molecule has 2 heterocycles.